The normalized spacial score (nSPS) is 25.7. The van der Waals surface area contributed by atoms with Crippen LogP contribution in [0.15, 0.2) is 33.9 Å². The molecule has 7 N–H and O–H groups in total. The quantitative estimate of drug-likeness (QED) is 0.0554. The standard InChI is InChI=1S/C33H35ClN6O12S2/c1-14-18(12-40-7-2-3-15(40)11-38(6-8-40)28(46)16-4-5-20(41)27(45)24(16)34)26(32(50)51)39-29(47)17(30(39)54-14)9-21(42)25(19-13-53-33(35)36-19)37-52-22(31(48)49)10-23(43)44/h4-5,13-15,17,22,30H,2-3,6-12H2,1H3,(H6-,35,36,37,41,42,43,44,45,46,48,49,50,51)/p+1/t14-,15-,17+,22-,30+,40+/m0/s1. The Labute approximate surface area is 320 Å². The summed E-state index contributed by atoms with van der Waals surface area (Å²) in [6.07, 6.45) is -1.71. The van der Waals surface area contributed by atoms with Gasteiger partial charge in [-0.25, -0.2) is 14.6 Å². The van der Waals surface area contributed by atoms with Gasteiger partial charge < -0.3 is 45.5 Å². The van der Waals surface area contributed by atoms with Crippen LogP contribution in [0.2, 0.25) is 5.02 Å². The second-order valence-electron chi connectivity index (χ2n) is 13.5. The number of anilines is 1. The number of thioether (sulfide) groups is 1. The fraction of sp³-hybridized carbons (Fsp3) is 0.455. The predicted molar refractivity (Wildman–Crippen MR) is 192 cm³/mol. The predicted octanol–water partition coefficient (Wildman–Crippen LogP) is 1.79. The lowest BCUT2D eigenvalue weighted by Gasteiger charge is -2.53. The Morgan fingerprint density at radius 2 is 1.91 bits per heavy atom. The van der Waals surface area contributed by atoms with Crippen LogP contribution in [-0.4, -0.2) is 142 Å². The van der Waals surface area contributed by atoms with Gasteiger partial charge >= 0.3 is 17.9 Å². The molecule has 1 aromatic carbocycles. The number of quaternary nitrogens is 1. The van der Waals surface area contributed by atoms with Gasteiger partial charge in [0, 0.05) is 35.5 Å². The van der Waals surface area contributed by atoms with E-state index in [2.05, 4.69) is 10.1 Å². The highest BCUT2D eigenvalue weighted by Gasteiger charge is 2.57. The van der Waals surface area contributed by atoms with Crippen LogP contribution in [0, 0.1) is 5.92 Å². The van der Waals surface area contributed by atoms with Crippen LogP contribution >= 0.6 is 34.7 Å². The van der Waals surface area contributed by atoms with E-state index < -0.39 is 83.0 Å². The molecule has 18 nitrogen and oxygen atoms in total. The summed E-state index contributed by atoms with van der Waals surface area (Å²) in [7, 11) is 0. The van der Waals surface area contributed by atoms with Crippen molar-refractivity contribution in [3.05, 3.63) is 45.1 Å². The number of oxime groups is 1. The minimum absolute atomic E-state index is 0.0435. The molecule has 4 aliphatic heterocycles. The molecular formula is C33H36ClN6O12S2+. The van der Waals surface area contributed by atoms with E-state index in [1.165, 1.54) is 34.2 Å². The molecule has 5 heterocycles. The maximum absolute atomic E-state index is 13.7. The number of aromatic nitrogens is 1. The number of carbonyl (C=O) groups is 6. The van der Waals surface area contributed by atoms with Gasteiger partial charge in [0.2, 0.25) is 12.0 Å². The number of benzene rings is 1. The number of phenols is 2. The van der Waals surface area contributed by atoms with Crippen LogP contribution in [0.4, 0.5) is 5.13 Å². The van der Waals surface area contributed by atoms with Crippen molar-refractivity contribution in [2.45, 2.75) is 55.4 Å². The van der Waals surface area contributed by atoms with Gasteiger partial charge in [-0.3, -0.25) is 24.1 Å². The number of amides is 2. The Balaban J connectivity index is 1.20. The number of carboxylic acids is 3. The molecule has 0 unspecified atom stereocenters. The summed E-state index contributed by atoms with van der Waals surface area (Å²) in [6.45, 7) is 4.08. The minimum Gasteiger partial charge on any atom is -0.504 e. The molecule has 1 aromatic heterocycles. The van der Waals surface area contributed by atoms with Crippen LogP contribution in [0.1, 0.15) is 48.7 Å². The van der Waals surface area contributed by atoms with Crippen molar-refractivity contribution in [2.24, 2.45) is 11.1 Å². The van der Waals surface area contributed by atoms with Crippen LogP contribution in [0.25, 0.3) is 0 Å². The summed E-state index contributed by atoms with van der Waals surface area (Å²) in [6, 6.07) is 2.50. The van der Waals surface area contributed by atoms with Gasteiger partial charge in [-0.2, -0.15) is 0 Å². The Morgan fingerprint density at radius 1 is 1.17 bits per heavy atom. The Hall–Kier alpha value is -4.92. The molecule has 3 fully saturated rings. The molecule has 0 radical (unpaired) electrons. The number of aliphatic carboxylic acids is 3. The number of thiazole rings is 1. The Kier molecular flexibility index (Phi) is 10.8. The fourth-order valence-corrected chi connectivity index (χ4v) is 9.88. The van der Waals surface area contributed by atoms with Gasteiger partial charge in [-0.05, 0) is 19.1 Å². The third-order valence-electron chi connectivity index (χ3n) is 10.3. The summed E-state index contributed by atoms with van der Waals surface area (Å²) in [4.78, 5) is 88.1. The van der Waals surface area contributed by atoms with Crippen LogP contribution in [0.3, 0.4) is 0 Å². The second kappa shape index (κ2) is 15.1. The summed E-state index contributed by atoms with van der Waals surface area (Å²) in [5.41, 5.74) is 5.66. The minimum atomic E-state index is -1.92. The van der Waals surface area contributed by atoms with E-state index in [0.29, 0.717) is 36.2 Å². The van der Waals surface area contributed by atoms with Gasteiger partial charge in [0.25, 0.3) is 5.91 Å². The number of Topliss-reactive ketones (excluding diaryl/α,β-unsaturated/α-hetero) is 1. The number of ketones is 1. The zero-order valence-electron chi connectivity index (χ0n) is 28.6. The molecule has 6 rings (SSSR count). The van der Waals surface area contributed by atoms with Crippen molar-refractivity contribution in [1.82, 2.24) is 14.8 Å². The number of nitrogens with zero attached hydrogens (tertiary/aromatic N) is 5. The van der Waals surface area contributed by atoms with Gasteiger partial charge in [-0.1, -0.05) is 16.8 Å². The number of halogens is 1. The molecule has 21 heteroatoms. The van der Waals surface area contributed by atoms with Crippen LogP contribution in [-0.2, 0) is 28.8 Å². The fourth-order valence-electron chi connectivity index (χ4n) is 7.59. The van der Waals surface area contributed by atoms with Crippen molar-refractivity contribution in [1.29, 1.82) is 0 Å². The summed E-state index contributed by atoms with van der Waals surface area (Å²) < 4.78 is 0.514. The third-order valence-corrected chi connectivity index (χ3v) is 12.9. The van der Waals surface area contributed by atoms with Gasteiger partial charge in [-0.15, -0.1) is 23.1 Å². The number of β-lactam (4-membered cyclic amide) rings is 1. The van der Waals surface area contributed by atoms with E-state index in [1.54, 1.807) is 4.90 Å². The molecule has 2 amide bonds. The highest BCUT2D eigenvalue weighted by atomic mass is 35.5. The number of piperazine rings is 1. The zero-order valence-corrected chi connectivity index (χ0v) is 31.0. The Morgan fingerprint density at radius 3 is 2.56 bits per heavy atom. The zero-order chi connectivity index (χ0) is 39.2. The lowest BCUT2D eigenvalue weighted by atomic mass is 9.88. The van der Waals surface area contributed by atoms with Crippen LogP contribution < -0.4 is 5.73 Å². The third kappa shape index (κ3) is 7.17. The number of carboxylic acid groups (broad SMARTS) is 3. The van der Waals surface area contributed by atoms with E-state index in [0.717, 1.165) is 30.7 Å². The van der Waals surface area contributed by atoms with Gasteiger partial charge in [0.1, 0.15) is 24.0 Å². The molecule has 2 aromatic rings. The first-order valence-corrected chi connectivity index (χ1v) is 19.0. The SMILES string of the molecule is C[C@@H]1S[C@@H]2[C@H](CC(=O)/C(=N\O[C@@H](CC(=O)O)C(=O)O)c3csc(N)n3)C(=O)N2C(C(=O)O)=C1C[N@+]12CCC[C@H]1CN(C(=O)c1ccc(O)c(O)c1Cl)CC2. The highest BCUT2D eigenvalue weighted by molar-refractivity contribution is 8.00. The number of rotatable bonds is 13. The molecule has 3 saturated heterocycles. The number of nitrogens with two attached hydrogens (primary N) is 1. The first kappa shape index (κ1) is 38.8. The van der Waals surface area contributed by atoms with Crippen molar-refractivity contribution in [2.75, 3.05) is 38.5 Å². The van der Waals surface area contributed by atoms with Crippen molar-refractivity contribution in [3.63, 3.8) is 0 Å². The van der Waals surface area contributed by atoms with E-state index in [4.69, 9.17) is 27.3 Å². The molecule has 0 aliphatic carbocycles. The number of hydrogen-bond acceptors (Lipinski definition) is 14. The lowest BCUT2D eigenvalue weighted by Crippen LogP contribution is -2.66. The summed E-state index contributed by atoms with van der Waals surface area (Å²) >= 11 is 8.48. The van der Waals surface area contributed by atoms with Gasteiger partial charge in [0.15, 0.2) is 28.1 Å². The molecule has 6 atom stereocenters. The van der Waals surface area contributed by atoms with Gasteiger partial charge in [0.05, 0.1) is 54.5 Å². The number of carbonyl (C=O) groups excluding carboxylic acids is 3. The number of phenolic OH excluding ortho intramolecular Hbond substituents is 2. The van der Waals surface area contributed by atoms with Crippen molar-refractivity contribution < 1.29 is 63.6 Å². The molecule has 0 saturated carbocycles. The maximum atomic E-state index is 13.7. The first-order chi connectivity index (χ1) is 25.5. The van der Waals surface area contributed by atoms with Crippen molar-refractivity contribution >= 4 is 81.0 Å². The molecule has 54 heavy (non-hydrogen) atoms. The topological polar surface area (TPSA) is 271 Å². The summed E-state index contributed by atoms with van der Waals surface area (Å²) in [5.74, 6) is -8.17. The lowest BCUT2D eigenvalue weighted by molar-refractivity contribution is -0.938. The average molecular weight is 808 g/mol. The summed E-state index contributed by atoms with van der Waals surface area (Å²) in [5, 5.41) is 52.5. The molecule has 0 bridgehead atoms. The number of aromatic hydroxyl groups is 2. The molecular weight excluding hydrogens is 772 g/mol. The smallest absolute Gasteiger partial charge is 0.352 e. The maximum Gasteiger partial charge on any atom is 0.352 e. The first-order valence-electron chi connectivity index (χ1n) is 16.8. The number of fused-ring (bicyclic) bond motifs is 2. The second-order valence-corrected chi connectivity index (χ2v) is 16.2. The largest absolute Gasteiger partial charge is 0.504 e. The van der Waals surface area contributed by atoms with E-state index >= 15 is 0 Å². The number of hydrogen-bond donors (Lipinski definition) is 6. The average Bonchev–Trinajstić information content (AvgIpc) is 3.74. The van der Waals surface area contributed by atoms with E-state index in [1.807, 2.05) is 6.92 Å². The molecule has 0 spiro atoms. The Bertz CT molecular complexity index is 2010. The number of nitrogen functional groups attached to an aromatic ring is 1. The van der Waals surface area contributed by atoms with Crippen molar-refractivity contribution in [3.8, 4) is 11.5 Å². The van der Waals surface area contributed by atoms with E-state index in [-0.39, 0.29) is 38.4 Å². The van der Waals surface area contributed by atoms with E-state index in [9.17, 15) is 49.2 Å². The molecule has 4 aliphatic rings. The highest BCUT2D eigenvalue weighted by Crippen LogP contribution is 2.49. The molecule has 288 valence electrons. The monoisotopic (exact) mass is 807 g/mol. The van der Waals surface area contributed by atoms with Crippen LogP contribution in [0.5, 0.6) is 11.5 Å².